The first kappa shape index (κ1) is 47.0. The normalized spacial score (nSPS) is 28.4. The van der Waals surface area contributed by atoms with Crippen molar-refractivity contribution in [2.24, 2.45) is 5.73 Å². The third kappa shape index (κ3) is 9.83. The third-order valence-electron chi connectivity index (χ3n) is 9.63. The van der Waals surface area contributed by atoms with Crippen LogP contribution in [0, 0.1) is 10.1 Å². The zero-order valence-electron chi connectivity index (χ0n) is 31.9. The number of anilines is 1. The van der Waals surface area contributed by atoms with E-state index in [1.54, 1.807) is 0 Å². The van der Waals surface area contributed by atoms with E-state index in [0.717, 1.165) is 30.4 Å². The molecular weight excluding hydrogens is 901 g/mol. The molecule has 0 spiro atoms. The number of phosphoric acid groups is 3. The number of carbonyl (C=O) groups is 1. The van der Waals surface area contributed by atoms with Crippen molar-refractivity contribution >= 4 is 52.0 Å². The lowest BCUT2D eigenvalue weighted by Crippen LogP contribution is -2.49. The number of benzene rings is 1. The second kappa shape index (κ2) is 17.9. The Hall–Kier alpha value is -4.51. The van der Waals surface area contributed by atoms with Crippen LogP contribution in [-0.2, 0) is 52.3 Å². The Morgan fingerprint density at radius 2 is 1.74 bits per heavy atom. The van der Waals surface area contributed by atoms with Crippen LogP contribution < -0.4 is 20.9 Å². The maximum Gasteiger partial charge on any atom is 0.481 e. The number of nitrogens with zero attached hydrogens (tertiary/aromatic N) is 6. The number of ether oxygens (including phenoxy) is 4. The number of hydrogen-bond donors (Lipinski definition) is 9. The van der Waals surface area contributed by atoms with E-state index < -0.39 is 114 Å². The van der Waals surface area contributed by atoms with Crippen molar-refractivity contribution in [2.45, 2.75) is 61.4 Å². The highest BCUT2D eigenvalue weighted by Crippen LogP contribution is 2.62. The van der Waals surface area contributed by atoms with Crippen LogP contribution in [0.15, 0.2) is 48.8 Å². The van der Waals surface area contributed by atoms with Crippen LogP contribution in [0.5, 0.6) is 11.5 Å². The first-order valence-electron chi connectivity index (χ1n) is 17.5. The summed E-state index contributed by atoms with van der Waals surface area (Å²) < 4.78 is 80.9. The minimum Gasteiger partial charge on any atom is -0.493 e. The minimum atomic E-state index is -5.90. The van der Waals surface area contributed by atoms with Crippen molar-refractivity contribution in [1.29, 1.82) is 0 Å². The minimum absolute atomic E-state index is 0.0605. The molecule has 340 valence electrons. The molecule has 0 bridgehead atoms. The smallest absolute Gasteiger partial charge is 0.481 e. The molecule has 10 atom stereocenters. The molecule has 11 N–H and O–H groups in total. The number of carbonyl (C=O) groups excluding carboxylic acids is 1. The molecule has 32 heteroatoms. The summed E-state index contributed by atoms with van der Waals surface area (Å²) in [4.78, 5) is 77.3. The van der Waals surface area contributed by atoms with Gasteiger partial charge in [-0.3, -0.25) is 33.0 Å². The van der Waals surface area contributed by atoms with E-state index in [4.69, 9.17) is 44.0 Å². The summed E-state index contributed by atoms with van der Waals surface area (Å²) in [6.45, 7) is -2.49. The number of hydrogen-bond acceptors (Lipinski definition) is 22. The topological polar surface area (TPSA) is 426 Å². The average Bonchev–Trinajstić information content (AvgIpc) is 3.84. The van der Waals surface area contributed by atoms with Gasteiger partial charge in [-0.1, -0.05) is 6.08 Å². The lowest BCUT2D eigenvalue weighted by molar-refractivity contribution is -0.386. The fourth-order valence-corrected chi connectivity index (χ4v) is 9.53. The van der Waals surface area contributed by atoms with Crippen LogP contribution in [0.3, 0.4) is 0 Å². The molecule has 6 rings (SSSR count). The summed E-state index contributed by atoms with van der Waals surface area (Å²) in [5.74, 6) is -1.50. The van der Waals surface area contributed by atoms with Crippen molar-refractivity contribution in [3.63, 3.8) is 0 Å². The number of primary amides is 1. The molecule has 0 aliphatic carbocycles. The second-order valence-corrected chi connectivity index (χ2v) is 17.8. The molecule has 2 unspecified atom stereocenters. The fourth-order valence-electron chi connectivity index (χ4n) is 6.85. The molecular formula is C30H39N8O21P3. The number of aromatic nitrogens is 4. The Kier molecular flexibility index (Phi) is 13.6. The summed E-state index contributed by atoms with van der Waals surface area (Å²) in [7, 11) is -14.9. The number of allylic oxidation sites excluding steroid dienone is 1. The number of fused-ring (bicyclic) bond motifs is 1. The summed E-state index contributed by atoms with van der Waals surface area (Å²) in [5, 5.41) is 45.5. The maximum absolute atomic E-state index is 13.4. The van der Waals surface area contributed by atoms with Gasteiger partial charge in [-0.2, -0.15) is 4.31 Å². The van der Waals surface area contributed by atoms with E-state index in [1.807, 2.05) is 0 Å². The van der Waals surface area contributed by atoms with E-state index in [9.17, 15) is 63.5 Å². The maximum atomic E-state index is 13.4. The molecule has 2 saturated heterocycles. The van der Waals surface area contributed by atoms with E-state index in [-0.39, 0.29) is 40.3 Å². The van der Waals surface area contributed by atoms with Crippen LogP contribution >= 0.6 is 23.5 Å². The molecule has 2 aromatic heterocycles. The Bertz CT molecular complexity index is 2420. The molecule has 2 fully saturated rings. The van der Waals surface area contributed by atoms with Crippen molar-refractivity contribution in [3.05, 3.63) is 64.5 Å². The lowest BCUT2D eigenvalue weighted by Gasteiger charge is -2.32. The van der Waals surface area contributed by atoms with Crippen LogP contribution in [-0.4, -0.2) is 140 Å². The number of amides is 1. The van der Waals surface area contributed by atoms with Crippen molar-refractivity contribution < 1.29 is 95.1 Å². The predicted molar refractivity (Wildman–Crippen MR) is 202 cm³/mol. The first-order chi connectivity index (χ1) is 29.0. The van der Waals surface area contributed by atoms with Gasteiger partial charge in [0.15, 0.2) is 29.7 Å². The zero-order valence-corrected chi connectivity index (χ0v) is 34.6. The number of aliphatic hydroxyl groups excluding tert-OH is 3. The Balaban J connectivity index is 1.29. The first-order valence-corrected chi connectivity index (χ1v) is 22.1. The zero-order chi connectivity index (χ0) is 45.5. The summed E-state index contributed by atoms with van der Waals surface area (Å²) in [6.07, 6.45) is -7.49. The number of nitro benzene ring substituents is 1. The van der Waals surface area contributed by atoms with Gasteiger partial charge >= 0.3 is 29.2 Å². The number of phosphoric ester groups is 3. The molecule has 3 aliphatic heterocycles. The fraction of sp³-hybridized carbons (Fsp3) is 0.467. The molecule has 1 amide bonds. The second-order valence-electron chi connectivity index (χ2n) is 13.6. The SMILES string of the molecule is COc1ccc(C[C@]2(COP(=O)(O)OP(=O)(O)OC[C@H]3O[C@@H](N4C=CCC(C(N)=O)=C4)[C@H](O)[C@@H]3O)O[C@@H](n3cnc4c(N)ncnc43)[C@H](OP(=O)(O)O)[C@H]2O)c([N+](=O)[O-])c1OC. The van der Waals surface area contributed by atoms with Crippen molar-refractivity contribution in [3.8, 4) is 11.5 Å². The number of rotatable bonds is 18. The highest BCUT2D eigenvalue weighted by Gasteiger charge is 2.60. The Morgan fingerprint density at radius 3 is 2.39 bits per heavy atom. The van der Waals surface area contributed by atoms with Gasteiger partial charge in [0.2, 0.25) is 11.7 Å². The number of nitrogen functional groups attached to an aromatic ring is 1. The Morgan fingerprint density at radius 1 is 1.03 bits per heavy atom. The van der Waals surface area contributed by atoms with Crippen LogP contribution in [0.4, 0.5) is 11.5 Å². The third-order valence-corrected chi connectivity index (χ3v) is 12.7. The largest absolute Gasteiger partial charge is 0.493 e. The van der Waals surface area contributed by atoms with Gasteiger partial charge in [0.25, 0.3) is 0 Å². The number of methoxy groups -OCH3 is 2. The van der Waals surface area contributed by atoms with E-state index in [2.05, 4.69) is 19.3 Å². The number of nitro groups is 1. The summed E-state index contributed by atoms with van der Waals surface area (Å²) >= 11 is 0. The number of nitrogens with two attached hydrogens (primary N) is 2. The molecule has 5 heterocycles. The molecule has 0 radical (unpaired) electrons. The summed E-state index contributed by atoms with van der Waals surface area (Å²) in [6, 6.07) is 2.33. The van der Waals surface area contributed by atoms with Gasteiger partial charge in [-0.25, -0.2) is 28.6 Å². The monoisotopic (exact) mass is 940 g/mol. The molecule has 3 aromatic rings. The molecule has 62 heavy (non-hydrogen) atoms. The van der Waals surface area contributed by atoms with Gasteiger partial charge in [-0.15, -0.1) is 0 Å². The lowest BCUT2D eigenvalue weighted by atomic mass is 9.88. The number of aliphatic hydroxyl groups is 3. The Labute approximate surface area is 347 Å². The van der Waals surface area contributed by atoms with Crippen molar-refractivity contribution in [1.82, 2.24) is 24.4 Å². The quantitative estimate of drug-likeness (QED) is 0.0418. The highest BCUT2D eigenvalue weighted by atomic mass is 31.3. The van der Waals surface area contributed by atoms with Crippen molar-refractivity contribution in [2.75, 3.05) is 33.2 Å². The highest BCUT2D eigenvalue weighted by molar-refractivity contribution is 7.61. The van der Waals surface area contributed by atoms with Crippen LogP contribution in [0.1, 0.15) is 18.2 Å². The number of imidazole rings is 1. The van der Waals surface area contributed by atoms with Gasteiger partial charge in [0.05, 0.1) is 38.7 Å². The van der Waals surface area contributed by atoms with Crippen LogP contribution in [0.2, 0.25) is 0 Å². The van der Waals surface area contributed by atoms with Crippen LogP contribution in [0.25, 0.3) is 11.2 Å². The molecule has 3 aliphatic rings. The molecule has 1 aromatic carbocycles. The van der Waals surface area contributed by atoms with Gasteiger partial charge in [0, 0.05) is 30.0 Å². The van der Waals surface area contributed by atoms with Gasteiger partial charge < -0.3 is 70.2 Å². The summed E-state index contributed by atoms with van der Waals surface area (Å²) in [5.41, 5.74) is 7.34. The van der Waals surface area contributed by atoms with E-state index in [1.165, 1.54) is 36.6 Å². The van der Waals surface area contributed by atoms with Gasteiger partial charge in [-0.05, 0) is 18.6 Å². The standard InChI is InChI=1S/C30H39N8O21P3/c1-52-16-6-5-14(19(38(43)44)22(16)53-2)8-30(24(41)23(58-60(45,46)47)29(57-30)37-13-35-18-25(31)33-12-34-27(18)37)11-55-62(50,51)59-61(48,49)54-10-17-20(39)21(40)28(56-17)36-7-3-4-15(9-36)26(32)42/h3,5-7,9,12-13,17,20-21,23-24,28-29,39-41H,4,8,10-11H2,1-2H3,(H2,32,42)(H,48,49)(H,50,51)(H2,31,33,34)(H2,45,46,47)/t17-,20-,21-,23-,24-,28-,29-,30-/m1/s1. The molecule has 0 saturated carbocycles. The van der Waals surface area contributed by atoms with Gasteiger partial charge in [0.1, 0.15) is 48.0 Å². The predicted octanol–water partition coefficient (Wildman–Crippen LogP) is -1.03. The van der Waals surface area contributed by atoms with E-state index in [0.29, 0.717) is 0 Å². The van der Waals surface area contributed by atoms with E-state index >= 15 is 0 Å². The average molecular weight is 941 g/mol. The molecule has 29 nitrogen and oxygen atoms in total.